The van der Waals surface area contributed by atoms with Crippen LogP contribution in [0.1, 0.15) is 36.8 Å². The summed E-state index contributed by atoms with van der Waals surface area (Å²) in [5.41, 5.74) is 3.40. The Morgan fingerprint density at radius 3 is 2.63 bits per heavy atom. The Bertz CT molecular complexity index is 1390. The van der Waals surface area contributed by atoms with Crippen molar-refractivity contribution in [1.82, 2.24) is 15.3 Å². The van der Waals surface area contributed by atoms with E-state index in [1.165, 1.54) is 0 Å². The Morgan fingerprint density at radius 1 is 1.03 bits per heavy atom. The number of benzene rings is 2. The van der Waals surface area contributed by atoms with E-state index >= 15 is 0 Å². The molecule has 2 aromatic heterocycles. The monoisotopic (exact) mass is 471 g/mol. The van der Waals surface area contributed by atoms with Gasteiger partial charge in [-0.2, -0.15) is 4.98 Å². The average Bonchev–Trinajstić information content (AvgIpc) is 2.86. The lowest BCUT2D eigenvalue weighted by atomic mass is 9.86. The number of hydrogen-bond acceptors (Lipinski definition) is 7. The SMILES string of the molecule is Cc1ccc2occ(CNCC3CCC(Nc4nc(N(C)C)c5ccccc5n4)CC3)c(=O)c2c1. The third kappa shape index (κ3) is 5.15. The van der Waals surface area contributed by atoms with E-state index in [4.69, 9.17) is 14.4 Å². The van der Waals surface area contributed by atoms with Gasteiger partial charge >= 0.3 is 0 Å². The van der Waals surface area contributed by atoms with Crippen molar-refractivity contribution in [3.8, 4) is 0 Å². The van der Waals surface area contributed by atoms with Crippen LogP contribution >= 0.6 is 0 Å². The largest absolute Gasteiger partial charge is 0.464 e. The average molecular weight is 472 g/mol. The highest BCUT2D eigenvalue weighted by molar-refractivity contribution is 5.90. The Balaban J connectivity index is 1.15. The summed E-state index contributed by atoms with van der Waals surface area (Å²) in [4.78, 5) is 24.4. The predicted molar refractivity (Wildman–Crippen MR) is 142 cm³/mol. The van der Waals surface area contributed by atoms with Crippen molar-refractivity contribution in [2.75, 3.05) is 30.9 Å². The number of hydrogen-bond donors (Lipinski definition) is 2. The highest BCUT2D eigenvalue weighted by Gasteiger charge is 2.22. The zero-order valence-corrected chi connectivity index (χ0v) is 20.7. The molecule has 1 fully saturated rings. The Morgan fingerprint density at radius 2 is 1.83 bits per heavy atom. The molecule has 7 nitrogen and oxygen atoms in total. The van der Waals surface area contributed by atoms with E-state index in [9.17, 15) is 4.79 Å². The second-order valence-electron chi connectivity index (χ2n) is 9.86. The second-order valence-corrected chi connectivity index (χ2v) is 9.86. The minimum absolute atomic E-state index is 0.0582. The molecule has 2 heterocycles. The number of aryl methyl sites for hydroxylation is 1. The van der Waals surface area contributed by atoms with Crippen molar-refractivity contribution in [2.45, 2.75) is 45.2 Å². The maximum Gasteiger partial charge on any atom is 0.225 e. The van der Waals surface area contributed by atoms with Crippen molar-refractivity contribution in [2.24, 2.45) is 5.92 Å². The standard InChI is InChI=1S/C28H33N5O2/c1-18-8-13-25-23(14-18)26(34)20(17-35-25)16-29-15-19-9-11-21(12-10-19)30-28-31-24-7-5-4-6-22(24)27(32-28)33(2)3/h4-8,13-14,17,19,21,29H,9-12,15-16H2,1-3H3,(H,30,31,32). The van der Waals surface area contributed by atoms with Crippen molar-refractivity contribution in [1.29, 1.82) is 0 Å². The molecule has 7 heteroatoms. The molecule has 0 spiro atoms. The molecule has 1 aliphatic carbocycles. The molecule has 5 rings (SSSR count). The molecule has 0 unspecified atom stereocenters. The molecule has 2 N–H and O–H groups in total. The van der Waals surface area contributed by atoms with Gasteiger partial charge in [-0.25, -0.2) is 4.98 Å². The smallest absolute Gasteiger partial charge is 0.225 e. The summed E-state index contributed by atoms with van der Waals surface area (Å²) in [7, 11) is 4.03. The lowest BCUT2D eigenvalue weighted by molar-refractivity contribution is 0.323. The predicted octanol–water partition coefficient (Wildman–Crippen LogP) is 4.87. The van der Waals surface area contributed by atoms with E-state index in [0.29, 0.717) is 41.0 Å². The number of para-hydroxylation sites is 1. The molecular weight excluding hydrogens is 438 g/mol. The molecule has 0 saturated heterocycles. The van der Waals surface area contributed by atoms with E-state index in [1.807, 2.05) is 62.3 Å². The molecule has 0 atom stereocenters. The molecule has 182 valence electrons. The van der Waals surface area contributed by atoms with Gasteiger partial charge in [0.1, 0.15) is 11.4 Å². The van der Waals surface area contributed by atoms with Gasteiger partial charge in [0.05, 0.1) is 17.2 Å². The maximum atomic E-state index is 12.8. The van der Waals surface area contributed by atoms with Gasteiger partial charge in [0, 0.05) is 37.6 Å². The van der Waals surface area contributed by atoms with Crippen molar-refractivity contribution < 1.29 is 4.42 Å². The summed E-state index contributed by atoms with van der Waals surface area (Å²) in [6.45, 7) is 3.42. The van der Waals surface area contributed by atoms with Gasteiger partial charge in [-0.05, 0) is 69.3 Å². The first-order chi connectivity index (χ1) is 17.0. The Hall–Kier alpha value is -3.45. The van der Waals surface area contributed by atoms with Crippen LogP contribution in [0.4, 0.5) is 11.8 Å². The van der Waals surface area contributed by atoms with Gasteiger partial charge in [-0.3, -0.25) is 4.79 Å². The van der Waals surface area contributed by atoms with Gasteiger partial charge in [0.15, 0.2) is 5.43 Å². The van der Waals surface area contributed by atoms with E-state index in [2.05, 4.69) is 16.7 Å². The number of fused-ring (bicyclic) bond motifs is 2. The number of nitrogens with zero attached hydrogens (tertiary/aromatic N) is 3. The number of anilines is 2. The zero-order chi connectivity index (χ0) is 24.4. The van der Waals surface area contributed by atoms with E-state index in [0.717, 1.165) is 54.5 Å². The highest BCUT2D eigenvalue weighted by Crippen LogP contribution is 2.28. The van der Waals surface area contributed by atoms with Gasteiger partial charge in [0.2, 0.25) is 5.95 Å². The van der Waals surface area contributed by atoms with E-state index < -0.39 is 0 Å². The fraction of sp³-hybridized carbons (Fsp3) is 0.393. The van der Waals surface area contributed by atoms with Crippen LogP contribution in [0.2, 0.25) is 0 Å². The van der Waals surface area contributed by atoms with Crippen LogP contribution in [0.15, 0.2) is 57.9 Å². The molecule has 1 saturated carbocycles. The Labute approximate surface area is 205 Å². The van der Waals surface area contributed by atoms with E-state index in [-0.39, 0.29) is 5.43 Å². The fourth-order valence-corrected chi connectivity index (χ4v) is 4.98. The minimum Gasteiger partial charge on any atom is -0.464 e. The Kier molecular flexibility index (Phi) is 6.68. The van der Waals surface area contributed by atoms with Crippen molar-refractivity contribution >= 4 is 33.6 Å². The molecule has 2 aromatic carbocycles. The van der Waals surface area contributed by atoms with Crippen LogP contribution in [0.25, 0.3) is 21.9 Å². The van der Waals surface area contributed by atoms with Crippen LogP contribution in [0, 0.1) is 12.8 Å². The van der Waals surface area contributed by atoms with Crippen LogP contribution in [0.3, 0.4) is 0 Å². The third-order valence-electron chi connectivity index (χ3n) is 6.93. The summed E-state index contributed by atoms with van der Waals surface area (Å²) in [6, 6.07) is 14.2. The number of rotatable bonds is 7. The van der Waals surface area contributed by atoms with Crippen LogP contribution in [-0.4, -0.2) is 36.6 Å². The molecule has 1 aliphatic rings. The quantitative estimate of drug-likeness (QED) is 0.398. The topological polar surface area (TPSA) is 83.3 Å². The van der Waals surface area contributed by atoms with E-state index in [1.54, 1.807) is 6.26 Å². The number of aromatic nitrogens is 2. The van der Waals surface area contributed by atoms with Crippen LogP contribution in [0.5, 0.6) is 0 Å². The van der Waals surface area contributed by atoms with Crippen LogP contribution < -0.4 is 21.0 Å². The lowest BCUT2D eigenvalue weighted by Crippen LogP contribution is -2.32. The summed E-state index contributed by atoms with van der Waals surface area (Å²) in [6.07, 6.45) is 6.02. The lowest BCUT2D eigenvalue weighted by Gasteiger charge is -2.29. The summed E-state index contributed by atoms with van der Waals surface area (Å²) in [5.74, 6) is 2.23. The first-order valence-corrected chi connectivity index (χ1v) is 12.4. The molecule has 4 aromatic rings. The highest BCUT2D eigenvalue weighted by atomic mass is 16.3. The molecular formula is C28H33N5O2. The zero-order valence-electron chi connectivity index (χ0n) is 20.7. The molecule has 0 radical (unpaired) electrons. The molecule has 0 aliphatic heterocycles. The minimum atomic E-state index is 0.0582. The fourth-order valence-electron chi connectivity index (χ4n) is 4.98. The first-order valence-electron chi connectivity index (χ1n) is 12.4. The summed E-state index contributed by atoms with van der Waals surface area (Å²) < 4.78 is 5.68. The van der Waals surface area contributed by atoms with Crippen molar-refractivity contribution in [3.63, 3.8) is 0 Å². The number of nitrogens with one attached hydrogen (secondary N) is 2. The normalized spacial score (nSPS) is 18.1. The third-order valence-corrected chi connectivity index (χ3v) is 6.93. The van der Waals surface area contributed by atoms with Crippen LogP contribution in [-0.2, 0) is 6.54 Å². The van der Waals surface area contributed by atoms with Gasteiger partial charge in [-0.15, -0.1) is 0 Å². The molecule has 0 bridgehead atoms. The second kappa shape index (κ2) is 10.0. The van der Waals surface area contributed by atoms with Gasteiger partial charge in [0.25, 0.3) is 0 Å². The molecule has 0 amide bonds. The first kappa shape index (κ1) is 23.3. The van der Waals surface area contributed by atoms with Gasteiger partial charge < -0.3 is 20.0 Å². The summed E-state index contributed by atoms with van der Waals surface area (Å²) >= 11 is 0. The summed E-state index contributed by atoms with van der Waals surface area (Å²) in [5, 5.41) is 8.78. The molecule has 35 heavy (non-hydrogen) atoms. The van der Waals surface area contributed by atoms with Crippen molar-refractivity contribution in [3.05, 3.63) is 70.1 Å². The van der Waals surface area contributed by atoms with Gasteiger partial charge in [-0.1, -0.05) is 23.8 Å². The maximum absolute atomic E-state index is 12.8.